The lowest BCUT2D eigenvalue weighted by Gasteiger charge is -2.42. The maximum absolute atomic E-state index is 13.1. The number of aromatic nitrogens is 4. The molecule has 2 N–H and O–H groups in total. The monoisotopic (exact) mass is 552 g/mol. The zero-order chi connectivity index (χ0) is 28.0. The molecule has 216 valence electrons. The summed E-state index contributed by atoms with van der Waals surface area (Å²) in [6, 6.07) is 0.645. The fourth-order valence-corrected chi connectivity index (χ4v) is 6.41. The van der Waals surface area contributed by atoms with E-state index in [1.165, 1.54) is 0 Å². The van der Waals surface area contributed by atoms with Crippen molar-refractivity contribution in [3.8, 4) is 0 Å². The molecule has 12 heteroatoms. The summed E-state index contributed by atoms with van der Waals surface area (Å²) in [4.78, 5) is 38.5. The number of likely N-dealkylation sites (tertiary alicyclic amines) is 1. The standard InChI is InChI=1S/C28H40N8O4/c1-16(2)23-13-29-36-24(23)32-26(30-18-7-9-39-10-8-18)33-27(36)31-19-11-20-5-6-21(12-19)35(20)28(38)40-22-14-34(15-22)25(37)17(3)4/h13,16,18-22H,3,5-12,14-15H2,1-2,4H3,(H2,30,31,32,33). The molecule has 6 rings (SSSR count). The summed E-state index contributed by atoms with van der Waals surface area (Å²) in [5.41, 5.74) is 2.39. The lowest BCUT2D eigenvalue weighted by Crippen LogP contribution is -2.58. The van der Waals surface area contributed by atoms with Crippen molar-refractivity contribution in [3.63, 3.8) is 0 Å². The van der Waals surface area contributed by atoms with Crippen LogP contribution in [-0.2, 0) is 14.3 Å². The Balaban J connectivity index is 1.13. The summed E-state index contributed by atoms with van der Waals surface area (Å²) >= 11 is 0. The van der Waals surface area contributed by atoms with Crippen LogP contribution in [0.1, 0.15) is 70.8 Å². The SMILES string of the molecule is C=C(C)C(=O)N1CC(OC(=O)N2C3CCC2CC(Nc2nc(NC4CCOCC4)nc4c(C(C)C)cnn24)C3)C1. The summed E-state index contributed by atoms with van der Waals surface area (Å²) < 4.78 is 13.1. The van der Waals surface area contributed by atoms with Crippen LogP contribution >= 0.6 is 0 Å². The molecule has 4 aliphatic rings. The summed E-state index contributed by atoms with van der Waals surface area (Å²) in [6.45, 7) is 12.0. The Kier molecular flexibility index (Phi) is 7.28. The van der Waals surface area contributed by atoms with Gasteiger partial charge in [0, 0.05) is 48.5 Å². The number of rotatable bonds is 7. The highest BCUT2D eigenvalue weighted by molar-refractivity contribution is 5.92. The summed E-state index contributed by atoms with van der Waals surface area (Å²) in [7, 11) is 0. The molecule has 4 aliphatic heterocycles. The quantitative estimate of drug-likeness (QED) is 0.498. The third kappa shape index (κ3) is 5.21. The fourth-order valence-electron chi connectivity index (χ4n) is 6.41. The molecular formula is C28H40N8O4. The molecule has 12 nitrogen and oxygen atoms in total. The number of hydrogen-bond acceptors (Lipinski definition) is 9. The van der Waals surface area contributed by atoms with Gasteiger partial charge in [-0.3, -0.25) is 4.79 Å². The molecule has 0 saturated carbocycles. The Morgan fingerprint density at radius 3 is 2.40 bits per heavy atom. The van der Waals surface area contributed by atoms with E-state index in [4.69, 9.17) is 19.4 Å². The third-order valence-electron chi connectivity index (χ3n) is 8.62. The van der Waals surface area contributed by atoms with Crippen LogP contribution in [-0.4, -0.2) is 98.0 Å². The minimum atomic E-state index is -0.264. The van der Waals surface area contributed by atoms with Crippen LogP contribution in [0.15, 0.2) is 18.3 Å². The van der Waals surface area contributed by atoms with E-state index < -0.39 is 0 Å². The van der Waals surface area contributed by atoms with Gasteiger partial charge in [0.15, 0.2) is 5.65 Å². The molecule has 6 heterocycles. The first-order valence-electron chi connectivity index (χ1n) is 14.6. The van der Waals surface area contributed by atoms with Gasteiger partial charge in [0.05, 0.1) is 19.3 Å². The van der Waals surface area contributed by atoms with Crippen molar-refractivity contribution >= 4 is 29.5 Å². The lowest BCUT2D eigenvalue weighted by atomic mass is 9.98. The molecule has 2 aromatic rings. The molecule has 2 amide bonds. The topological polar surface area (TPSA) is 126 Å². The average Bonchev–Trinajstić information content (AvgIpc) is 3.45. The molecule has 4 saturated heterocycles. The summed E-state index contributed by atoms with van der Waals surface area (Å²) in [6.07, 6.45) is 6.74. The highest BCUT2D eigenvalue weighted by Crippen LogP contribution is 2.38. The molecule has 0 radical (unpaired) electrons. The lowest BCUT2D eigenvalue weighted by molar-refractivity contribution is -0.137. The Bertz CT molecular complexity index is 1270. The van der Waals surface area contributed by atoms with Crippen LogP contribution in [0.5, 0.6) is 0 Å². The van der Waals surface area contributed by atoms with E-state index in [0.717, 1.165) is 62.9 Å². The highest BCUT2D eigenvalue weighted by Gasteiger charge is 2.46. The molecule has 0 aliphatic carbocycles. The van der Waals surface area contributed by atoms with Crippen LogP contribution in [0.25, 0.3) is 5.65 Å². The molecule has 2 unspecified atom stereocenters. The second-order valence-corrected chi connectivity index (χ2v) is 12.0. The number of ether oxygens (including phenoxy) is 2. The van der Waals surface area contributed by atoms with Crippen molar-refractivity contribution in [2.45, 2.75) is 95.5 Å². The number of nitrogens with zero attached hydrogens (tertiary/aromatic N) is 6. The van der Waals surface area contributed by atoms with Gasteiger partial charge >= 0.3 is 6.09 Å². The van der Waals surface area contributed by atoms with Crippen LogP contribution in [0.2, 0.25) is 0 Å². The van der Waals surface area contributed by atoms with Crippen LogP contribution in [0.3, 0.4) is 0 Å². The molecule has 2 atom stereocenters. The van der Waals surface area contributed by atoms with E-state index in [1.807, 2.05) is 15.6 Å². The van der Waals surface area contributed by atoms with Gasteiger partial charge in [-0.15, -0.1) is 0 Å². The maximum atomic E-state index is 13.1. The minimum absolute atomic E-state index is 0.0816. The van der Waals surface area contributed by atoms with Gasteiger partial charge in [0.25, 0.3) is 0 Å². The predicted octanol–water partition coefficient (Wildman–Crippen LogP) is 3.17. The van der Waals surface area contributed by atoms with E-state index in [1.54, 1.807) is 11.8 Å². The van der Waals surface area contributed by atoms with Crippen molar-refractivity contribution in [1.82, 2.24) is 29.4 Å². The third-order valence-corrected chi connectivity index (χ3v) is 8.62. The van der Waals surface area contributed by atoms with Crippen LogP contribution < -0.4 is 10.6 Å². The molecule has 2 aromatic heterocycles. The Hall–Kier alpha value is -3.41. The van der Waals surface area contributed by atoms with Gasteiger partial charge in [-0.05, 0) is 51.4 Å². The molecule has 40 heavy (non-hydrogen) atoms. The van der Waals surface area contributed by atoms with Crippen molar-refractivity contribution in [2.24, 2.45) is 0 Å². The van der Waals surface area contributed by atoms with E-state index >= 15 is 0 Å². The van der Waals surface area contributed by atoms with Crippen molar-refractivity contribution in [3.05, 3.63) is 23.9 Å². The molecular weight excluding hydrogens is 512 g/mol. The Morgan fingerprint density at radius 1 is 1.05 bits per heavy atom. The van der Waals surface area contributed by atoms with E-state index in [2.05, 4.69) is 36.2 Å². The Morgan fingerprint density at radius 2 is 1.75 bits per heavy atom. The minimum Gasteiger partial charge on any atom is -0.442 e. The molecule has 2 bridgehead atoms. The number of hydrogen-bond donors (Lipinski definition) is 2. The second-order valence-electron chi connectivity index (χ2n) is 12.0. The summed E-state index contributed by atoms with van der Waals surface area (Å²) in [5.74, 6) is 1.47. The van der Waals surface area contributed by atoms with Gasteiger partial charge in [-0.25, -0.2) is 4.79 Å². The highest BCUT2D eigenvalue weighted by atomic mass is 16.6. The van der Waals surface area contributed by atoms with E-state index in [0.29, 0.717) is 30.6 Å². The van der Waals surface area contributed by atoms with Gasteiger partial charge in [-0.1, -0.05) is 20.4 Å². The normalized spacial score (nSPS) is 25.2. The van der Waals surface area contributed by atoms with Crippen molar-refractivity contribution in [2.75, 3.05) is 36.9 Å². The fraction of sp³-hybridized carbons (Fsp3) is 0.679. The number of carbonyl (C=O) groups excluding carboxylic acids is 2. The zero-order valence-electron chi connectivity index (χ0n) is 23.6. The number of carbonyl (C=O) groups is 2. The number of anilines is 2. The van der Waals surface area contributed by atoms with E-state index in [9.17, 15) is 9.59 Å². The smallest absolute Gasteiger partial charge is 0.410 e. The van der Waals surface area contributed by atoms with Gasteiger partial charge in [0.2, 0.25) is 17.8 Å². The first-order valence-corrected chi connectivity index (χ1v) is 14.6. The second kappa shape index (κ2) is 10.9. The molecule has 0 spiro atoms. The largest absolute Gasteiger partial charge is 0.442 e. The van der Waals surface area contributed by atoms with Crippen LogP contribution in [0, 0.1) is 0 Å². The number of amides is 2. The first kappa shape index (κ1) is 26.8. The average molecular weight is 553 g/mol. The molecule has 4 fully saturated rings. The predicted molar refractivity (Wildman–Crippen MR) is 149 cm³/mol. The molecule has 0 aromatic carbocycles. The van der Waals surface area contributed by atoms with Crippen molar-refractivity contribution < 1.29 is 19.1 Å². The van der Waals surface area contributed by atoms with E-state index in [-0.39, 0.29) is 48.2 Å². The number of nitrogens with one attached hydrogen (secondary N) is 2. The van der Waals surface area contributed by atoms with Gasteiger partial charge in [0.1, 0.15) is 6.10 Å². The number of fused-ring (bicyclic) bond motifs is 3. The first-order chi connectivity index (χ1) is 19.3. The van der Waals surface area contributed by atoms with Gasteiger partial charge < -0.3 is 29.9 Å². The van der Waals surface area contributed by atoms with Crippen molar-refractivity contribution in [1.29, 1.82) is 0 Å². The Labute approximate surface area is 234 Å². The van der Waals surface area contributed by atoms with Gasteiger partial charge in [-0.2, -0.15) is 19.6 Å². The number of piperidine rings is 1. The zero-order valence-corrected chi connectivity index (χ0v) is 23.6. The van der Waals surface area contributed by atoms with Crippen LogP contribution in [0.4, 0.5) is 16.7 Å². The maximum Gasteiger partial charge on any atom is 0.410 e. The summed E-state index contributed by atoms with van der Waals surface area (Å²) in [5, 5.41) is 11.8.